The summed E-state index contributed by atoms with van der Waals surface area (Å²) in [7, 11) is 1.74. The van der Waals surface area contributed by atoms with Crippen LogP contribution in [0, 0.1) is 13.8 Å². The summed E-state index contributed by atoms with van der Waals surface area (Å²) in [6, 6.07) is 22.5. The molecule has 0 saturated carbocycles. The fourth-order valence-corrected chi connectivity index (χ4v) is 3.17. The summed E-state index contributed by atoms with van der Waals surface area (Å²) in [5.41, 5.74) is 3.50. The first-order valence-electron chi connectivity index (χ1n) is 10.1. The molecule has 0 atom stereocenters. The largest absolute Gasteiger partial charge is 0.457 e. The Labute approximate surface area is 182 Å². The van der Waals surface area contributed by atoms with Gasteiger partial charge in [0, 0.05) is 11.4 Å². The normalized spacial score (nSPS) is 10.6. The Balaban J connectivity index is 1.47. The molecule has 6 heteroatoms. The Kier molecular flexibility index (Phi) is 7.40. The van der Waals surface area contributed by atoms with Crippen LogP contribution in [0.5, 0.6) is 11.5 Å². The van der Waals surface area contributed by atoms with E-state index >= 15 is 0 Å². The Morgan fingerprint density at radius 3 is 1.90 bits per heavy atom. The molecule has 31 heavy (non-hydrogen) atoms. The lowest BCUT2D eigenvalue weighted by Gasteiger charge is -2.17. The van der Waals surface area contributed by atoms with Gasteiger partial charge in [0.15, 0.2) is 0 Å². The predicted octanol–water partition coefficient (Wildman–Crippen LogP) is 4.60. The number of nitrogens with zero attached hydrogens (tertiary/aromatic N) is 1. The van der Waals surface area contributed by atoms with Crippen LogP contribution < -0.4 is 15.4 Å². The van der Waals surface area contributed by atoms with E-state index in [1.807, 2.05) is 62.4 Å². The van der Waals surface area contributed by atoms with Crippen LogP contribution in [-0.4, -0.2) is 36.9 Å². The minimum atomic E-state index is -0.195. The molecule has 3 aromatic carbocycles. The molecule has 2 amide bonds. The number of ether oxygens (including phenoxy) is 1. The zero-order valence-electron chi connectivity index (χ0n) is 18.0. The Morgan fingerprint density at radius 1 is 0.742 bits per heavy atom. The van der Waals surface area contributed by atoms with Gasteiger partial charge in [-0.2, -0.15) is 0 Å². The second-order valence-electron chi connectivity index (χ2n) is 7.47. The lowest BCUT2D eigenvalue weighted by molar-refractivity contribution is -0.119. The van der Waals surface area contributed by atoms with Crippen LogP contribution >= 0.6 is 0 Å². The minimum absolute atomic E-state index is 0.0996. The van der Waals surface area contributed by atoms with E-state index in [2.05, 4.69) is 10.6 Å². The molecule has 0 spiro atoms. The summed E-state index contributed by atoms with van der Waals surface area (Å²) >= 11 is 0. The highest BCUT2D eigenvalue weighted by molar-refractivity contribution is 5.95. The van der Waals surface area contributed by atoms with Crippen LogP contribution in [0.1, 0.15) is 11.1 Å². The summed E-state index contributed by atoms with van der Waals surface area (Å²) in [5, 5.41) is 5.77. The summed E-state index contributed by atoms with van der Waals surface area (Å²) < 4.78 is 5.75. The monoisotopic (exact) mass is 417 g/mol. The topological polar surface area (TPSA) is 70.7 Å². The van der Waals surface area contributed by atoms with Crippen LogP contribution in [0.25, 0.3) is 0 Å². The number of aryl methyl sites for hydroxylation is 2. The Bertz CT molecular complexity index is 1010. The molecule has 0 radical (unpaired) electrons. The van der Waals surface area contributed by atoms with Gasteiger partial charge in [0.1, 0.15) is 11.5 Å². The van der Waals surface area contributed by atoms with Crippen molar-refractivity contribution in [3.63, 3.8) is 0 Å². The van der Waals surface area contributed by atoms with E-state index in [1.165, 1.54) is 0 Å². The predicted molar refractivity (Wildman–Crippen MR) is 124 cm³/mol. The number of rotatable bonds is 8. The number of anilines is 2. The van der Waals surface area contributed by atoms with E-state index < -0.39 is 0 Å². The van der Waals surface area contributed by atoms with Crippen LogP contribution in [0.2, 0.25) is 0 Å². The zero-order valence-corrected chi connectivity index (χ0v) is 18.0. The van der Waals surface area contributed by atoms with Crippen molar-refractivity contribution >= 4 is 23.2 Å². The molecule has 6 nitrogen and oxygen atoms in total. The molecule has 0 aromatic heterocycles. The van der Waals surface area contributed by atoms with E-state index in [4.69, 9.17) is 4.74 Å². The third-order valence-corrected chi connectivity index (χ3v) is 4.69. The smallest absolute Gasteiger partial charge is 0.238 e. The van der Waals surface area contributed by atoms with Gasteiger partial charge >= 0.3 is 0 Å². The standard InChI is InChI=1S/C25H27N3O3/c1-18-8-7-9-19(2)25(18)27-24(30)17-28(3)16-23(29)26-20-12-14-22(15-13-20)31-21-10-5-4-6-11-21/h4-15H,16-17H2,1-3H3,(H,26,29)(H,27,30). The number of para-hydroxylation sites is 2. The van der Waals surface area contributed by atoms with E-state index in [0.29, 0.717) is 11.4 Å². The number of likely N-dealkylation sites (N-methyl/N-ethyl adjacent to an activating group) is 1. The van der Waals surface area contributed by atoms with Crippen LogP contribution in [-0.2, 0) is 9.59 Å². The molecule has 0 saturated heterocycles. The average Bonchev–Trinajstić information content (AvgIpc) is 2.73. The maximum absolute atomic E-state index is 12.4. The van der Waals surface area contributed by atoms with E-state index in [9.17, 15) is 9.59 Å². The van der Waals surface area contributed by atoms with E-state index in [0.717, 1.165) is 22.6 Å². The second kappa shape index (κ2) is 10.4. The summed E-state index contributed by atoms with van der Waals surface area (Å²) in [6.45, 7) is 4.12. The molecular weight excluding hydrogens is 390 g/mol. The number of hydrogen-bond acceptors (Lipinski definition) is 4. The van der Waals surface area contributed by atoms with Crippen LogP contribution in [0.4, 0.5) is 11.4 Å². The van der Waals surface area contributed by atoms with Crippen LogP contribution in [0.15, 0.2) is 72.8 Å². The van der Waals surface area contributed by atoms with Crippen molar-refractivity contribution in [1.82, 2.24) is 4.90 Å². The van der Waals surface area contributed by atoms with Crippen LogP contribution in [0.3, 0.4) is 0 Å². The lowest BCUT2D eigenvalue weighted by Crippen LogP contribution is -2.36. The first kappa shape index (κ1) is 22.1. The van der Waals surface area contributed by atoms with Crippen molar-refractivity contribution < 1.29 is 14.3 Å². The Hall–Kier alpha value is -3.64. The van der Waals surface area contributed by atoms with Crippen molar-refractivity contribution in [2.24, 2.45) is 0 Å². The summed E-state index contributed by atoms with van der Waals surface area (Å²) in [5.74, 6) is 1.08. The van der Waals surface area contributed by atoms with E-state index in [1.54, 1.807) is 36.2 Å². The summed E-state index contributed by atoms with van der Waals surface area (Å²) in [6.07, 6.45) is 0. The first-order valence-corrected chi connectivity index (χ1v) is 10.1. The van der Waals surface area contributed by atoms with Gasteiger partial charge in [-0.15, -0.1) is 0 Å². The van der Waals surface area contributed by atoms with Gasteiger partial charge in [0.25, 0.3) is 0 Å². The van der Waals surface area contributed by atoms with Gasteiger partial charge < -0.3 is 15.4 Å². The number of hydrogen-bond donors (Lipinski definition) is 2. The zero-order chi connectivity index (χ0) is 22.2. The molecule has 0 heterocycles. The molecule has 3 rings (SSSR count). The molecule has 0 bridgehead atoms. The van der Waals surface area contributed by atoms with Crippen molar-refractivity contribution in [3.05, 3.63) is 83.9 Å². The molecule has 0 aliphatic rings. The minimum Gasteiger partial charge on any atom is -0.457 e. The second-order valence-corrected chi connectivity index (χ2v) is 7.47. The van der Waals surface area contributed by atoms with Gasteiger partial charge in [-0.1, -0.05) is 36.4 Å². The Morgan fingerprint density at radius 2 is 1.29 bits per heavy atom. The number of nitrogens with one attached hydrogen (secondary N) is 2. The molecule has 0 aliphatic heterocycles. The maximum atomic E-state index is 12.4. The number of carbonyl (C=O) groups excluding carboxylic acids is 2. The average molecular weight is 418 g/mol. The highest BCUT2D eigenvalue weighted by atomic mass is 16.5. The van der Waals surface area contributed by atoms with Crippen molar-refractivity contribution in [2.75, 3.05) is 30.8 Å². The molecule has 2 N–H and O–H groups in total. The third-order valence-electron chi connectivity index (χ3n) is 4.69. The number of benzene rings is 3. The molecular formula is C25H27N3O3. The maximum Gasteiger partial charge on any atom is 0.238 e. The van der Waals surface area contributed by atoms with E-state index in [-0.39, 0.29) is 24.9 Å². The number of carbonyl (C=O) groups is 2. The molecule has 0 fully saturated rings. The van der Waals surface area contributed by atoms with Gasteiger partial charge in [-0.25, -0.2) is 0 Å². The third kappa shape index (κ3) is 6.69. The molecule has 160 valence electrons. The van der Waals surface area contributed by atoms with Gasteiger partial charge in [-0.3, -0.25) is 14.5 Å². The fourth-order valence-electron chi connectivity index (χ4n) is 3.17. The van der Waals surface area contributed by atoms with Crippen molar-refractivity contribution in [2.45, 2.75) is 13.8 Å². The fraction of sp³-hybridized carbons (Fsp3) is 0.200. The lowest BCUT2D eigenvalue weighted by atomic mass is 10.1. The quantitative estimate of drug-likeness (QED) is 0.562. The van der Waals surface area contributed by atoms with Crippen molar-refractivity contribution in [3.8, 4) is 11.5 Å². The van der Waals surface area contributed by atoms with Gasteiger partial charge in [0.05, 0.1) is 13.1 Å². The summed E-state index contributed by atoms with van der Waals surface area (Å²) in [4.78, 5) is 26.4. The first-order chi connectivity index (χ1) is 14.9. The molecule has 0 unspecified atom stereocenters. The molecule has 0 aliphatic carbocycles. The highest BCUT2D eigenvalue weighted by Crippen LogP contribution is 2.22. The highest BCUT2D eigenvalue weighted by Gasteiger charge is 2.13. The SMILES string of the molecule is Cc1cccc(C)c1NC(=O)CN(C)CC(=O)Nc1ccc(Oc2ccccc2)cc1. The molecule has 3 aromatic rings. The van der Waals surface area contributed by atoms with Gasteiger partial charge in [-0.05, 0) is 68.4 Å². The van der Waals surface area contributed by atoms with Gasteiger partial charge in [0.2, 0.25) is 11.8 Å². The van der Waals surface area contributed by atoms with Crippen molar-refractivity contribution in [1.29, 1.82) is 0 Å². The number of amides is 2.